The molecule has 14 heteroatoms. The highest BCUT2D eigenvalue weighted by Gasteiger charge is 2.37. The smallest absolute Gasteiger partial charge is 0.406 e. The zero-order valence-electron chi connectivity index (χ0n) is 25.5. The summed E-state index contributed by atoms with van der Waals surface area (Å²) in [6.45, 7) is 12.9. The van der Waals surface area contributed by atoms with Gasteiger partial charge in [0.2, 0.25) is 0 Å². The van der Waals surface area contributed by atoms with Crippen LogP contribution >= 0.6 is 23.2 Å². The molecule has 0 N–H and O–H groups in total. The van der Waals surface area contributed by atoms with E-state index in [0.29, 0.717) is 28.0 Å². The summed E-state index contributed by atoms with van der Waals surface area (Å²) in [6.07, 6.45) is -3.44. The van der Waals surface area contributed by atoms with Gasteiger partial charge in [0, 0.05) is 12.2 Å². The topological polar surface area (TPSA) is 82.2 Å². The van der Waals surface area contributed by atoms with Crippen LogP contribution < -0.4 is 10.6 Å². The average Bonchev–Trinajstić information content (AvgIpc) is 3.15. The van der Waals surface area contributed by atoms with Crippen LogP contribution in [0.1, 0.15) is 42.3 Å². The number of hydrogen-bond donors (Lipinski definition) is 0. The van der Waals surface area contributed by atoms with Crippen molar-refractivity contribution in [3.63, 3.8) is 0 Å². The van der Waals surface area contributed by atoms with Gasteiger partial charge in [0.25, 0.3) is 5.91 Å². The second-order valence-corrected chi connectivity index (χ2v) is 17.7. The lowest BCUT2D eigenvalue weighted by Crippen LogP contribution is -2.43. The minimum Gasteiger partial charge on any atom is -0.415 e. The van der Waals surface area contributed by atoms with Crippen molar-refractivity contribution in [3.05, 3.63) is 80.2 Å². The van der Waals surface area contributed by atoms with Crippen molar-refractivity contribution < 1.29 is 22.4 Å². The molecule has 44 heavy (non-hydrogen) atoms. The zero-order valence-corrected chi connectivity index (χ0v) is 28.0. The van der Waals surface area contributed by atoms with Gasteiger partial charge in [0.05, 0.1) is 23.3 Å². The molecule has 1 amide bonds. The normalized spacial score (nSPS) is 12.6. The lowest BCUT2D eigenvalue weighted by atomic mass is 10.1. The van der Waals surface area contributed by atoms with Crippen molar-refractivity contribution in [3.8, 4) is 5.69 Å². The Kier molecular flexibility index (Phi) is 9.42. The lowest BCUT2D eigenvalue weighted by molar-refractivity contribution is -0.140. The van der Waals surface area contributed by atoms with Crippen LogP contribution in [0.15, 0.2) is 47.5 Å². The molecule has 4 rings (SSSR count). The van der Waals surface area contributed by atoms with Gasteiger partial charge in [-0.05, 0) is 67.4 Å². The fraction of sp³-hybridized carbons (Fsp3) is 0.400. The number of aromatic nitrogens is 4. The van der Waals surface area contributed by atoms with Gasteiger partial charge in [-0.2, -0.15) is 13.2 Å². The molecule has 0 saturated carbocycles. The average molecular weight is 669 g/mol. The molecule has 0 radical (unpaired) electrons. The predicted molar refractivity (Wildman–Crippen MR) is 170 cm³/mol. The number of fused-ring (bicyclic) bond motifs is 1. The summed E-state index contributed by atoms with van der Waals surface area (Å²) < 4.78 is 48.7. The highest BCUT2D eigenvalue weighted by molar-refractivity contribution is 6.74. The molecular formula is C30H34Cl2F3N5O3Si. The Hall–Kier alpha value is -3.19. The van der Waals surface area contributed by atoms with Crippen LogP contribution in [0.5, 0.6) is 0 Å². The number of carbonyl (C=O) groups is 1. The first-order valence-corrected chi connectivity index (χ1v) is 17.5. The van der Waals surface area contributed by atoms with Gasteiger partial charge in [0.15, 0.2) is 8.32 Å². The Morgan fingerprint density at radius 1 is 1.00 bits per heavy atom. The second kappa shape index (κ2) is 12.3. The molecule has 0 aliphatic carbocycles. The molecule has 0 bridgehead atoms. The summed E-state index contributed by atoms with van der Waals surface area (Å²) >= 11 is 12.6. The zero-order chi connectivity index (χ0) is 32.8. The number of imidazole rings is 1. The molecule has 0 fully saturated rings. The van der Waals surface area contributed by atoms with Crippen LogP contribution in [0.3, 0.4) is 0 Å². The number of para-hydroxylation sites is 2. The predicted octanol–water partition coefficient (Wildman–Crippen LogP) is 7.74. The summed E-state index contributed by atoms with van der Waals surface area (Å²) in [7, 11) is -2.17. The first kappa shape index (κ1) is 33.7. The fourth-order valence-electron chi connectivity index (χ4n) is 4.81. The second-order valence-electron chi connectivity index (χ2n) is 12.1. The third-order valence-electron chi connectivity index (χ3n) is 7.98. The number of nitrogens with zero attached hydrogens (tertiary/aromatic N) is 5. The standard InChI is InChI=1S/C30H34Cl2F3N5O3Si/c1-18-14-20(15-19(2)24(18)40-22-11-9-8-10-21(22)39(28(40)42)16-30(33,34)35)38(12-13-43-44(6,7)29(3,4)5)27(41)23-25(31)36-17-37-26(23)32/h8-11,14-15,17H,12-13,16H2,1-7H3. The number of carbonyl (C=O) groups excluding carboxylic acids is 1. The Morgan fingerprint density at radius 3 is 2.07 bits per heavy atom. The summed E-state index contributed by atoms with van der Waals surface area (Å²) in [5, 5.41) is -0.284. The van der Waals surface area contributed by atoms with E-state index in [9.17, 15) is 22.8 Å². The maximum Gasteiger partial charge on any atom is 0.406 e. The minimum absolute atomic E-state index is 0.0604. The van der Waals surface area contributed by atoms with Gasteiger partial charge in [-0.25, -0.2) is 14.8 Å². The number of rotatable bonds is 8. The van der Waals surface area contributed by atoms with Gasteiger partial charge < -0.3 is 9.33 Å². The molecule has 2 aromatic heterocycles. The molecule has 0 unspecified atom stereocenters. The summed E-state index contributed by atoms with van der Waals surface area (Å²) in [4.78, 5) is 36.7. The molecular weight excluding hydrogens is 634 g/mol. The maximum atomic E-state index is 13.9. The molecule has 4 aromatic rings. The van der Waals surface area contributed by atoms with E-state index < -0.39 is 32.6 Å². The third-order valence-corrected chi connectivity index (χ3v) is 13.1. The van der Waals surface area contributed by atoms with Gasteiger partial charge in [-0.1, -0.05) is 56.1 Å². The van der Waals surface area contributed by atoms with Crippen LogP contribution in [-0.2, 0) is 11.0 Å². The molecule has 2 heterocycles. The van der Waals surface area contributed by atoms with E-state index in [0.717, 1.165) is 10.9 Å². The highest BCUT2D eigenvalue weighted by atomic mass is 35.5. The van der Waals surface area contributed by atoms with Crippen LogP contribution in [-0.4, -0.2) is 52.7 Å². The molecule has 236 valence electrons. The van der Waals surface area contributed by atoms with Crippen molar-refractivity contribution in [1.82, 2.24) is 19.1 Å². The van der Waals surface area contributed by atoms with Crippen molar-refractivity contribution >= 4 is 54.1 Å². The Balaban J connectivity index is 1.84. The fourth-order valence-corrected chi connectivity index (χ4v) is 6.32. The summed E-state index contributed by atoms with van der Waals surface area (Å²) in [5.41, 5.74) is 1.58. The number of hydrogen-bond acceptors (Lipinski definition) is 5. The summed E-state index contributed by atoms with van der Waals surface area (Å²) in [6, 6.07) is 9.72. The number of amides is 1. The number of aryl methyl sites for hydroxylation is 2. The van der Waals surface area contributed by atoms with Gasteiger partial charge in [0.1, 0.15) is 28.7 Å². The first-order chi connectivity index (χ1) is 20.3. The van der Waals surface area contributed by atoms with E-state index in [2.05, 4.69) is 43.8 Å². The number of alkyl halides is 3. The molecule has 8 nitrogen and oxygen atoms in total. The SMILES string of the molecule is Cc1cc(N(CCO[Si](C)(C)C(C)(C)C)C(=O)c2c(Cl)ncnc2Cl)cc(C)c1-n1c(=O)n(CC(F)(F)F)c2ccccc21. The maximum absolute atomic E-state index is 13.9. The Morgan fingerprint density at radius 2 is 1.55 bits per heavy atom. The van der Waals surface area contributed by atoms with Crippen molar-refractivity contribution in [2.24, 2.45) is 0 Å². The number of halogens is 5. The Labute approximate surface area is 264 Å². The van der Waals surface area contributed by atoms with Crippen LogP contribution in [0.25, 0.3) is 16.7 Å². The molecule has 0 aliphatic rings. The van der Waals surface area contributed by atoms with E-state index in [-0.39, 0.29) is 39.6 Å². The molecule has 0 saturated heterocycles. The van der Waals surface area contributed by atoms with Gasteiger partial charge in [-0.3, -0.25) is 13.9 Å². The van der Waals surface area contributed by atoms with Crippen LogP contribution in [0, 0.1) is 13.8 Å². The van der Waals surface area contributed by atoms with Gasteiger partial charge >= 0.3 is 11.9 Å². The van der Waals surface area contributed by atoms with E-state index in [4.69, 9.17) is 27.6 Å². The third kappa shape index (κ3) is 6.73. The lowest BCUT2D eigenvalue weighted by Gasteiger charge is -2.37. The van der Waals surface area contributed by atoms with Crippen LogP contribution in [0.4, 0.5) is 18.9 Å². The van der Waals surface area contributed by atoms with E-state index in [1.54, 1.807) is 44.2 Å². The molecule has 0 atom stereocenters. The number of benzene rings is 2. The minimum atomic E-state index is -4.59. The van der Waals surface area contributed by atoms with Crippen molar-refractivity contribution in [1.29, 1.82) is 0 Å². The first-order valence-electron chi connectivity index (χ1n) is 13.8. The quantitative estimate of drug-likeness (QED) is 0.142. The van der Waals surface area contributed by atoms with E-state index in [1.165, 1.54) is 15.5 Å². The van der Waals surface area contributed by atoms with E-state index in [1.807, 2.05) is 0 Å². The molecule has 2 aromatic carbocycles. The largest absolute Gasteiger partial charge is 0.415 e. The molecule has 0 spiro atoms. The monoisotopic (exact) mass is 667 g/mol. The van der Waals surface area contributed by atoms with E-state index >= 15 is 0 Å². The van der Waals surface area contributed by atoms with Crippen molar-refractivity contribution in [2.75, 3.05) is 18.1 Å². The van der Waals surface area contributed by atoms with Crippen molar-refractivity contribution in [2.45, 2.75) is 65.5 Å². The van der Waals surface area contributed by atoms with Crippen LogP contribution in [0.2, 0.25) is 28.4 Å². The van der Waals surface area contributed by atoms with Gasteiger partial charge in [-0.15, -0.1) is 0 Å². The highest BCUT2D eigenvalue weighted by Crippen LogP contribution is 2.37. The summed E-state index contributed by atoms with van der Waals surface area (Å²) in [5.74, 6) is -0.551. The Bertz CT molecular complexity index is 1740. The number of anilines is 1. The molecule has 0 aliphatic heterocycles.